The van der Waals surface area contributed by atoms with E-state index >= 15 is 0 Å². The van der Waals surface area contributed by atoms with Crippen molar-refractivity contribution in [1.82, 2.24) is 4.98 Å². The van der Waals surface area contributed by atoms with Crippen molar-refractivity contribution in [2.24, 2.45) is 0 Å². The van der Waals surface area contributed by atoms with Gasteiger partial charge in [-0.2, -0.15) is 0 Å². The molecule has 9 heteroatoms. The van der Waals surface area contributed by atoms with Gasteiger partial charge >= 0.3 is 5.91 Å². The molecule has 5 nitrogen and oxygen atoms in total. The fourth-order valence-corrected chi connectivity index (χ4v) is 5.03. The van der Waals surface area contributed by atoms with Crippen molar-refractivity contribution in [3.05, 3.63) is 100 Å². The van der Waals surface area contributed by atoms with Crippen LogP contribution in [-0.2, 0) is 9.59 Å². The molecular formula is C25H15F3N2O3S. The highest BCUT2D eigenvalue weighted by Crippen LogP contribution is 2.44. The van der Waals surface area contributed by atoms with E-state index in [0.29, 0.717) is 11.6 Å². The molecule has 1 aliphatic heterocycles. The number of halogens is 3. The van der Waals surface area contributed by atoms with Crippen LogP contribution in [0.5, 0.6) is 0 Å². The summed E-state index contributed by atoms with van der Waals surface area (Å²) in [5, 5.41) is 11.0. The van der Waals surface area contributed by atoms with Crippen LogP contribution in [-0.4, -0.2) is 21.8 Å². The number of hydrogen-bond acceptors (Lipinski definition) is 5. The van der Waals surface area contributed by atoms with E-state index in [1.165, 1.54) is 12.1 Å². The predicted molar refractivity (Wildman–Crippen MR) is 122 cm³/mol. The number of aliphatic hydroxyl groups is 1. The molecular weight excluding hydrogens is 465 g/mol. The molecule has 1 aromatic heterocycles. The lowest BCUT2D eigenvalue weighted by Crippen LogP contribution is -2.29. The van der Waals surface area contributed by atoms with E-state index in [1.54, 1.807) is 18.2 Å². The standard InChI is InChI=1S/C25H15F3N2O3S/c1-12-3-2-4-14(9-12)21-19(22(31)13-5-7-15(26)8-6-13)23(32)24(33)30(21)25-29-20-17(28)10-16(27)11-18(20)34-25/h2-11,21,31H,1H3/b22-19+. The van der Waals surface area contributed by atoms with Crippen molar-refractivity contribution in [1.29, 1.82) is 0 Å². The topological polar surface area (TPSA) is 70.5 Å². The first kappa shape index (κ1) is 21.8. The van der Waals surface area contributed by atoms with Crippen LogP contribution in [0.2, 0.25) is 0 Å². The van der Waals surface area contributed by atoms with Gasteiger partial charge < -0.3 is 5.11 Å². The number of hydrogen-bond donors (Lipinski definition) is 1. The average Bonchev–Trinajstić information content (AvgIpc) is 3.33. The molecule has 1 unspecified atom stereocenters. The number of rotatable bonds is 3. The van der Waals surface area contributed by atoms with E-state index in [0.717, 1.165) is 40.0 Å². The second-order valence-corrected chi connectivity index (χ2v) is 8.83. The molecule has 1 fully saturated rings. The highest BCUT2D eigenvalue weighted by atomic mass is 32.1. The maximum absolute atomic E-state index is 14.3. The van der Waals surface area contributed by atoms with Gasteiger partial charge in [-0.15, -0.1) is 0 Å². The molecule has 1 saturated heterocycles. The molecule has 34 heavy (non-hydrogen) atoms. The third-order valence-corrected chi connectivity index (χ3v) is 6.53. The molecule has 1 N–H and O–H groups in total. The number of aromatic nitrogens is 1. The second-order valence-electron chi connectivity index (χ2n) is 7.82. The SMILES string of the molecule is Cc1cccc(C2/C(=C(\O)c3ccc(F)cc3)C(=O)C(=O)N2c2nc3c(F)cc(F)cc3s2)c1. The van der Waals surface area contributed by atoms with Gasteiger partial charge in [-0.05, 0) is 42.8 Å². The Hall–Kier alpha value is -3.98. The van der Waals surface area contributed by atoms with E-state index in [9.17, 15) is 27.9 Å². The normalized spacial score (nSPS) is 17.6. The molecule has 0 saturated carbocycles. The van der Waals surface area contributed by atoms with Crippen molar-refractivity contribution in [3.63, 3.8) is 0 Å². The Labute approximate surface area is 195 Å². The van der Waals surface area contributed by atoms with Gasteiger partial charge in [-0.25, -0.2) is 18.2 Å². The molecule has 0 radical (unpaired) electrons. The number of nitrogens with zero attached hydrogens (tertiary/aromatic N) is 2. The summed E-state index contributed by atoms with van der Waals surface area (Å²) in [6, 6.07) is 12.5. The predicted octanol–water partition coefficient (Wildman–Crippen LogP) is 5.65. The summed E-state index contributed by atoms with van der Waals surface area (Å²) in [6.07, 6.45) is 0. The van der Waals surface area contributed by atoms with Crippen LogP contribution in [0.15, 0.2) is 66.2 Å². The summed E-state index contributed by atoms with van der Waals surface area (Å²) in [5.74, 6) is -4.66. The maximum atomic E-state index is 14.3. The Bertz CT molecular complexity index is 1510. The lowest BCUT2D eigenvalue weighted by Gasteiger charge is -2.23. The van der Waals surface area contributed by atoms with Crippen LogP contribution in [0.4, 0.5) is 18.3 Å². The van der Waals surface area contributed by atoms with Crippen LogP contribution in [0.1, 0.15) is 22.7 Å². The maximum Gasteiger partial charge on any atom is 0.301 e. The number of carbonyl (C=O) groups excluding carboxylic acids is 2. The van der Waals surface area contributed by atoms with Gasteiger partial charge in [-0.1, -0.05) is 41.2 Å². The van der Waals surface area contributed by atoms with E-state index in [-0.39, 0.29) is 26.5 Å². The first-order valence-corrected chi connectivity index (χ1v) is 11.0. The Kier molecular flexibility index (Phi) is 5.21. The molecule has 5 rings (SSSR count). The first-order chi connectivity index (χ1) is 16.2. The van der Waals surface area contributed by atoms with Crippen molar-refractivity contribution in [2.75, 3.05) is 4.90 Å². The van der Waals surface area contributed by atoms with E-state index in [4.69, 9.17) is 0 Å². The minimum atomic E-state index is -1.08. The molecule has 3 aromatic carbocycles. The minimum Gasteiger partial charge on any atom is -0.507 e. The molecule has 2 heterocycles. The fraction of sp³-hybridized carbons (Fsp3) is 0.0800. The minimum absolute atomic E-state index is 0.0220. The van der Waals surface area contributed by atoms with Gasteiger partial charge in [0, 0.05) is 11.6 Å². The average molecular weight is 480 g/mol. The second kappa shape index (κ2) is 8.11. The van der Waals surface area contributed by atoms with E-state index in [1.807, 2.05) is 13.0 Å². The van der Waals surface area contributed by atoms with Crippen molar-refractivity contribution in [3.8, 4) is 0 Å². The molecule has 1 atom stereocenters. The Balaban J connectivity index is 1.75. The molecule has 1 amide bonds. The fourth-order valence-electron chi connectivity index (χ4n) is 4.00. The third kappa shape index (κ3) is 3.54. The summed E-state index contributed by atoms with van der Waals surface area (Å²) >= 11 is 0.851. The van der Waals surface area contributed by atoms with Gasteiger partial charge in [0.05, 0.1) is 16.3 Å². The van der Waals surface area contributed by atoms with Gasteiger partial charge in [0.25, 0.3) is 5.78 Å². The summed E-state index contributed by atoms with van der Waals surface area (Å²) in [7, 11) is 0. The summed E-state index contributed by atoms with van der Waals surface area (Å²) in [6.45, 7) is 1.82. The summed E-state index contributed by atoms with van der Waals surface area (Å²) < 4.78 is 41.6. The molecule has 170 valence electrons. The summed E-state index contributed by atoms with van der Waals surface area (Å²) in [4.78, 5) is 31.6. The van der Waals surface area contributed by atoms with Crippen molar-refractivity contribution >= 4 is 44.1 Å². The van der Waals surface area contributed by atoms with Crippen LogP contribution >= 0.6 is 11.3 Å². The smallest absolute Gasteiger partial charge is 0.301 e. The van der Waals surface area contributed by atoms with Crippen molar-refractivity contribution in [2.45, 2.75) is 13.0 Å². The van der Waals surface area contributed by atoms with Gasteiger partial charge in [0.2, 0.25) is 0 Å². The first-order valence-electron chi connectivity index (χ1n) is 10.1. The number of benzene rings is 3. The highest BCUT2D eigenvalue weighted by molar-refractivity contribution is 7.22. The number of Topliss-reactive ketones (excluding diaryl/α,β-unsaturated/α-hetero) is 1. The molecule has 1 aliphatic rings. The molecule has 4 aromatic rings. The zero-order valence-corrected chi connectivity index (χ0v) is 18.4. The van der Waals surface area contributed by atoms with Crippen LogP contribution in [0, 0.1) is 24.4 Å². The van der Waals surface area contributed by atoms with Gasteiger partial charge in [0.1, 0.15) is 22.9 Å². The quantitative estimate of drug-likeness (QED) is 0.234. The molecule has 0 bridgehead atoms. The molecule has 0 aliphatic carbocycles. The van der Waals surface area contributed by atoms with E-state index < -0.39 is 40.9 Å². The number of aliphatic hydroxyl groups excluding tert-OH is 1. The highest BCUT2D eigenvalue weighted by Gasteiger charge is 2.48. The summed E-state index contributed by atoms with van der Waals surface area (Å²) in [5.41, 5.74) is 1.14. The van der Waals surface area contributed by atoms with E-state index in [2.05, 4.69) is 4.98 Å². The molecule has 0 spiro atoms. The van der Waals surface area contributed by atoms with Crippen LogP contribution in [0.25, 0.3) is 16.0 Å². The monoisotopic (exact) mass is 480 g/mol. The number of anilines is 1. The number of ketones is 1. The number of thiazole rings is 1. The number of amides is 1. The van der Waals surface area contributed by atoms with Crippen LogP contribution < -0.4 is 4.90 Å². The number of fused-ring (bicyclic) bond motifs is 1. The lowest BCUT2D eigenvalue weighted by atomic mass is 9.94. The number of aryl methyl sites for hydroxylation is 1. The Morgan fingerprint density at radius 2 is 1.74 bits per heavy atom. The zero-order valence-electron chi connectivity index (χ0n) is 17.6. The largest absolute Gasteiger partial charge is 0.507 e. The zero-order chi connectivity index (χ0) is 24.1. The lowest BCUT2D eigenvalue weighted by molar-refractivity contribution is -0.132. The van der Waals surface area contributed by atoms with Gasteiger partial charge in [-0.3, -0.25) is 14.5 Å². The number of carbonyl (C=O) groups is 2. The Morgan fingerprint density at radius 1 is 1.00 bits per heavy atom. The van der Waals surface area contributed by atoms with Gasteiger partial charge in [0.15, 0.2) is 10.9 Å². The van der Waals surface area contributed by atoms with Crippen molar-refractivity contribution < 1.29 is 27.9 Å². The van der Waals surface area contributed by atoms with Crippen LogP contribution in [0.3, 0.4) is 0 Å². The Morgan fingerprint density at radius 3 is 2.44 bits per heavy atom. The third-order valence-electron chi connectivity index (χ3n) is 5.53.